The van der Waals surface area contributed by atoms with Gasteiger partial charge in [-0.3, -0.25) is 5.10 Å². The number of hydrogen-bond donors (Lipinski definition) is 3. The van der Waals surface area contributed by atoms with Gasteiger partial charge in [-0.2, -0.15) is 5.10 Å². The molecule has 2 aromatic rings. The molecule has 0 aliphatic carbocycles. The number of nitrogens with one attached hydrogen (secondary N) is 2. The van der Waals surface area contributed by atoms with E-state index in [1.54, 1.807) is 12.4 Å². The summed E-state index contributed by atoms with van der Waals surface area (Å²) in [6, 6.07) is 1.75. The van der Waals surface area contributed by atoms with Gasteiger partial charge in [0.2, 0.25) is 0 Å². The van der Waals surface area contributed by atoms with Crippen molar-refractivity contribution >= 4 is 5.82 Å². The van der Waals surface area contributed by atoms with Crippen LogP contribution < -0.4 is 5.73 Å². The van der Waals surface area contributed by atoms with Gasteiger partial charge in [-0.15, -0.1) is 0 Å². The molecule has 4 N–H and O–H groups in total. The molecule has 0 saturated carbocycles. The summed E-state index contributed by atoms with van der Waals surface area (Å²) >= 11 is 0. The number of nitrogens with zero attached hydrogens (tertiary/aromatic N) is 2. The number of aromatic amines is 2. The van der Waals surface area contributed by atoms with E-state index in [1.165, 1.54) is 0 Å². The molecule has 2 aromatic heterocycles. The molecule has 0 aliphatic rings. The molecule has 0 saturated heterocycles. The number of hydrogen-bond acceptors (Lipinski definition) is 3. The Balaban J connectivity index is 2.50. The fraction of sp³-hybridized carbons (Fsp3) is 0.143. The molecule has 5 heteroatoms. The van der Waals surface area contributed by atoms with E-state index in [2.05, 4.69) is 20.2 Å². The van der Waals surface area contributed by atoms with Crippen LogP contribution in [0.3, 0.4) is 0 Å². The van der Waals surface area contributed by atoms with Gasteiger partial charge in [0.15, 0.2) is 0 Å². The first-order valence-electron chi connectivity index (χ1n) is 3.58. The van der Waals surface area contributed by atoms with Crippen LogP contribution in [0, 0.1) is 6.92 Å². The van der Waals surface area contributed by atoms with Gasteiger partial charge in [0, 0.05) is 11.8 Å². The highest BCUT2D eigenvalue weighted by atomic mass is 15.2. The van der Waals surface area contributed by atoms with E-state index in [-0.39, 0.29) is 0 Å². The highest BCUT2D eigenvalue weighted by Gasteiger charge is 2.06. The average molecular weight is 163 g/mol. The van der Waals surface area contributed by atoms with Gasteiger partial charge in [-0.05, 0) is 6.92 Å². The van der Waals surface area contributed by atoms with Crippen LogP contribution in [0.1, 0.15) is 5.69 Å². The lowest BCUT2D eigenvalue weighted by molar-refractivity contribution is 1.09. The summed E-state index contributed by atoms with van der Waals surface area (Å²) in [4.78, 5) is 7.09. The lowest BCUT2D eigenvalue weighted by Crippen LogP contribution is -1.81. The Morgan fingerprint density at radius 1 is 1.50 bits per heavy atom. The molecule has 0 aromatic carbocycles. The zero-order valence-corrected chi connectivity index (χ0v) is 6.63. The third kappa shape index (κ3) is 0.952. The lowest BCUT2D eigenvalue weighted by atomic mass is 10.2. The normalized spacial score (nSPS) is 10.4. The van der Waals surface area contributed by atoms with Crippen molar-refractivity contribution in [1.82, 2.24) is 20.2 Å². The fourth-order valence-electron chi connectivity index (χ4n) is 1.09. The van der Waals surface area contributed by atoms with Gasteiger partial charge in [-0.25, -0.2) is 4.98 Å². The molecule has 5 nitrogen and oxygen atoms in total. The van der Waals surface area contributed by atoms with Crippen molar-refractivity contribution in [2.75, 3.05) is 5.73 Å². The second-order valence-corrected chi connectivity index (χ2v) is 2.58. The zero-order valence-electron chi connectivity index (χ0n) is 6.63. The van der Waals surface area contributed by atoms with Gasteiger partial charge in [-0.1, -0.05) is 0 Å². The van der Waals surface area contributed by atoms with Gasteiger partial charge in [0.1, 0.15) is 11.5 Å². The Morgan fingerprint density at radius 3 is 2.83 bits per heavy atom. The first kappa shape index (κ1) is 6.90. The molecule has 0 unspecified atom stereocenters. The first-order chi connectivity index (χ1) is 5.77. The summed E-state index contributed by atoms with van der Waals surface area (Å²) in [7, 11) is 0. The van der Waals surface area contributed by atoms with Crippen molar-refractivity contribution in [3.8, 4) is 11.4 Å². The first-order valence-corrected chi connectivity index (χ1v) is 3.58. The number of aromatic nitrogens is 4. The number of aryl methyl sites for hydroxylation is 1. The van der Waals surface area contributed by atoms with E-state index in [0.717, 1.165) is 17.1 Å². The van der Waals surface area contributed by atoms with Gasteiger partial charge in [0.05, 0.1) is 12.0 Å². The van der Waals surface area contributed by atoms with E-state index < -0.39 is 0 Å². The third-order valence-corrected chi connectivity index (χ3v) is 1.68. The number of anilines is 1. The van der Waals surface area contributed by atoms with Crippen LogP contribution in [0.5, 0.6) is 0 Å². The number of rotatable bonds is 1. The molecule has 0 amide bonds. The van der Waals surface area contributed by atoms with Crippen LogP contribution >= 0.6 is 0 Å². The minimum Gasteiger partial charge on any atom is -0.382 e. The topological polar surface area (TPSA) is 83.4 Å². The van der Waals surface area contributed by atoms with Crippen LogP contribution in [0.15, 0.2) is 12.4 Å². The van der Waals surface area contributed by atoms with Crippen LogP contribution in [-0.2, 0) is 0 Å². The number of nitrogen functional groups attached to an aromatic ring is 1. The number of nitrogens with two attached hydrogens (primary N) is 1. The number of imidazole rings is 1. The standard InChI is InChI=1S/C7H9N5/c1-4-7(10-3-9-4)5-2-6(8)12-11-5/h2-3H,1H3,(H,9,10)(H3,8,11,12). The van der Waals surface area contributed by atoms with Crippen molar-refractivity contribution in [2.45, 2.75) is 6.92 Å². The third-order valence-electron chi connectivity index (χ3n) is 1.68. The maximum absolute atomic E-state index is 5.45. The molecule has 0 atom stereocenters. The molecule has 0 fully saturated rings. The van der Waals surface area contributed by atoms with Crippen molar-refractivity contribution in [3.05, 3.63) is 18.1 Å². The molecule has 2 heterocycles. The van der Waals surface area contributed by atoms with E-state index in [4.69, 9.17) is 5.73 Å². The Hall–Kier alpha value is -1.78. The lowest BCUT2D eigenvalue weighted by Gasteiger charge is -1.90. The zero-order chi connectivity index (χ0) is 8.55. The number of H-pyrrole nitrogens is 2. The van der Waals surface area contributed by atoms with Gasteiger partial charge < -0.3 is 10.7 Å². The summed E-state index contributed by atoms with van der Waals surface area (Å²) in [5.74, 6) is 0.479. The molecular weight excluding hydrogens is 154 g/mol. The highest BCUT2D eigenvalue weighted by molar-refractivity contribution is 5.59. The minimum absolute atomic E-state index is 0.479. The van der Waals surface area contributed by atoms with E-state index >= 15 is 0 Å². The van der Waals surface area contributed by atoms with Crippen molar-refractivity contribution in [3.63, 3.8) is 0 Å². The average Bonchev–Trinajstić information content (AvgIpc) is 2.58. The predicted octanol–water partition coefficient (Wildman–Crippen LogP) is 0.690. The van der Waals surface area contributed by atoms with E-state index in [9.17, 15) is 0 Å². The second kappa shape index (κ2) is 2.37. The molecule has 2 rings (SSSR count). The van der Waals surface area contributed by atoms with Gasteiger partial charge in [0.25, 0.3) is 0 Å². The smallest absolute Gasteiger partial charge is 0.145 e. The SMILES string of the molecule is Cc1[nH]cnc1-c1cc(N)n[nH]1. The summed E-state index contributed by atoms with van der Waals surface area (Å²) in [6.45, 7) is 1.94. The largest absolute Gasteiger partial charge is 0.382 e. The predicted molar refractivity (Wildman–Crippen MR) is 45.3 cm³/mol. The summed E-state index contributed by atoms with van der Waals surface area (Å²) in [5.41, 5.74) is 8.15. The quantitative estimate of drug-likeness (QED) is 0.578. The molecule has 0 aliphatic heterocycles. The van der Waals surface area contributed by atoms with Gasteiger partial charge >= 0.3 is 0 Å². The van der Waals surface area contributed by atoms with Crippen molar-refractivity contribution in [2.24, 2.45) is 0 Å². The molecule has 0 spiro atoms. The highest BCUT2D eigenvalue weighted by Crippen LogP contribution is 2.17. The Kier molecular flexibility index (Phi) is 1.36. The Morgan fingerprint density at radius 2 is 2.33 bits per heavy atom. The minimum atomic E-state index is 0.479. The Labute approximate surface area is 69.0 Å². The molecule has 0 radical (unpaired) electrons. The second-order valence-electron chi connectivity index (χ2n) is 2.58. The van der Waals surface area contributed by atoms with Crippen LogP contribution in [0.4, 0.5) is 5.82 Å². The molecule has 0 bridgehead atoms. The van der Waals surface area contributed by atoms with Crippen LogP contribution in [-0.4, -0.2) is 20.2 Å². The molecular formula is C7H9N5. The fourth-order valence-corrected chi connectivity index (χ4v) is 1.09. The van der Waals surface area contributed by atoms with E-state index in [0.29, 0.717) is 5.82 Å². The Bertz CT molecular complexity index is 386. The van der Waals surface area contributed by atoms with Crippen LogP contribution in [0.2, 0.25) is 0 Å². The maximum Gasteiger partial charge on any atom is 0.145 e. The summed E-state index contributed by atoms with van der Waals surface area (Å²) in [5, 5.41) is 6.60. The summed E-state index contributed by atoms with van der Waals surface area (Å²) < 4.78 is 0. The van der Waals surface area contributed by atoms with Crippen molar-refractivity contribution in [1.29, 1.82) is 0 Å². The van der Waals surface area contributed by atoms with E-state index in [1.807, 2.05) is 6.92 Å². The van der Waals surface area contributed by atoms with Crippen LogP contribution in [0.25, 0.3) is 11.4 Å². The molecule has 12 heavy (non-hydrogen) atoms. The molecule has 62 valence electrons. The summed E-state index contributed by atoms with van der Waals surface area (Å²) in [6.07, 6.45) is 1.64. The maximum atomic E-state index is 5.45. The van der Waals surface area contributed by atoms with Crippen molar-refractivity contribution < 1.29 is 0 Å². The monoisotopic (exact) mass is 163 g/mol.